The normalized spacial score (nSPS) is 27.1. The third-order valence-electron chi connectivity index (χ3n) is 3.54. The van der Waals surface area contributed by atoms with Crippen molar-refractivity contribution >= 4 is 17.4 Å². The summed E-state index contributed by atoms with van der Waals surface area (Å²) in [4.78, 5) is 6.32. The molecule has 0 amide bonds. The van der Waals surface area contributed by atoms with Gasteiger partial charge in [0.25, 0.3) is 0 Å². The molecule has 3 heterocycles. The van der Waals surface area contributed by atoms with Gasteiger partial charge in [-0.3, -0.25) is 0 Å². The summed E-state index contributed by atoms with van der Waals surface area (Å²) in [5, 5.41) is 0.594. The average molecular weight is 257 g/mol. The van der Waals surface area contributed by atoms with Gasteiger partial charge in [0, 0.05) is 11.8 Å². The van der Waals surface area contributed by atoms with E-state index in [0.29, 0.717) is 30.3 Å². The highest BCUT2D eigenvalue weighted by molar-refractivity contribution is 6.31. The lowest BCUT2D eigenvalue weighted by atomic mass is 10.00. The Morgan fingerprint density at radius 3 is 3.18 bits per heavy atom. The molecule has 2 unspecified atom stereocenters. The van der Waals surface area contributed by atoms with Crippen LogP contribution in [0.3, 0.4) is 0 Å². The van der Waals surface area contributed by atoms with Crippen LogP contribution in [0.4, 0.5) is 10.2 Å². The predicted molar refractivity (Wildman–Crippen MR) is 64.7 cm³/mol. The standard InChI is InChI=1S/C12H14ClFN2O/c1-7-10(13)4-15-12-11(7)17-6-9-3-2-8(14)5-16(9)12/h4,8-9H,2-3,5-6H2,1H3. The molecule has 2 aliphatic heterocycles. The maximum atomic E-state index is 13.5. The molecule has 2 atom stereocenters. The summed E-state index contributed by atoms with van der Waals surface area (Å²) in [6.45, 7) is 2.91. The molecule has 0 saturated carbocycles. The molecule has 3 nitrogen and oxygen atoms in total. The van der Waals surface area contributed by atoms with E-state index in [9.17, 15) is 4.39 Å². The number of anilines is 1. The lowest BCUT2D eigenvalue weighted by Crippen LogP contribution is -2.50. The Bertz CT molecular complexity index is 454. The summed E-state index contributed by atoms with van der Waals surface area (Å²) in [6, 6.07) is 0.252. The first-order valence-electron chi connectivity index (χ1n) is 5.85. The molecule has 0 aliphatic carbocycles. The van der Waals surface area contributed by atoms with E-state index in [-0.39, 0.29) is 6.04 Å². The van der Waals surface area contributed by atoms with Gasteiger partial charge in [-0.1, -0.05) is 11.6 Å². The highest BCUT2D eigenvalue weighted by Gasteiger charge is 2.35. The molecule has 3 rings (SSSR count). The van der Waals surface area contributed by atoms with Crippen molar-refractivity contribution in [2.45, 2.75) is 32.0 Å². The van der Waals surface area contributed by atoms with E-state index < -0.39 is 6.17 Å². The summed E-state index contributed by atoms with van der Waals surface area (Å²) in [5.41, 5.74) is 0.885. The largest absolute Gasteiger partial charge is 0.487 e. The van der Waals surface area contributed by atoms with Crippen molar-refractivity contribution < 1.29 is 9.13 Å². The Kier molecular flexibility index (Phi) is 2.62. The SMILES string of the molecule is Cc1c(Cl)cnc2c1OCC1CCC(F)CN21. The number of rotatable bonds is 0. The van der Waals surface area contributed by atoms with Gasteiger partial charge in [0.05, 0.1) is 17.6 Å². The van der Waals surface area contributed by atoms with Gasteiger partial charge in [-0.15, -0.1) is 0 Å². The van der Waals surface area contributed by atoms with Gasteiger partial charge < -0.3 is 9.64 Å². The van der Waals surface area contributed by atoms with Crippen LogP contribution in [0.5, 0.6) is 5.75 Å². The summed E-state index contributed by atoms with van der Waals surface area (Å²) in [6.07, 6.45) is 2.29. The van der Waals surface area contributed by atoms with E-state index in [2.05, 4.69) is 4.98 Å². The molecule has 1 aromatic heterocycles. The van der Waals surface area contributed by atoms with Crippen molar-refractivity contribution in [2.24, 2.45) is 0 Å². The van der Waals surface area contributed by atoms with E-state index >= 15 is 0 Å². The Hall–Kier alpha value is -1.03. The van der Waals surface area contributed by atoms with Crippen molar-refractivity contribution in [3.05, 3.63) is 16.8 Å². The molecule has 0 bridgehead atoms. The van der Waals surface area contributed by atoms with E-state index in [1.54, 1.807) is 6.20 Å². The summed E-state index contributed by atoms with van der Waals surface area (Å²) < 4.78 is 19.2. The maximum absolute atomic E-state index is 13.5. The van der Waals surface area contributed by atoms with Gasteiger partial charge in [0.1, 0.15) is 12.8 Å². The summed E-state index contributed by atoms with van der Waals surface area (Å²) in [7, 11) is 0. The van der Waals surface area contributed by atoms with Gasteiger partial charge in [-0.2, -0.15) is 0 Å². The molecule has 92 valence electrons. The monoisotopic (exact) mass is 256 g/mol. The maximum Gasteiger partial charge on any atom is 0.172 e. The topological polar surface area (TPSA) is 25.4 Å². The average Bonchev–Trinajstić information content (AvgIpc) is 2.33. The molecule has 5 heteroatoms. The van der Waals surface area contributed by atoms with Crippen LogP contribution in [0.1, 0.15) is 18.4 Å². The highest BCUT2D eigenvalue weighted by atomic mass is 35.5. The highest BCUT2D eigenvalue weighted by Crippen LogP contribution is 2.40. The quantitative estimate of drug-likeness (QED) is 0.714. The molecular formula is C12H14ClFN2O. The number of hydrogen-bond acceptors (Lipinski definition) is 3. The lowest BCUT2D eigenvalue weighted by Gasteiger charge is -2.42. The summed E-state index contributed by atoms with van der Waals surface area (Å²) in [5.74, 6) is 1.45. The number of hydrogen-bond donors (Lipinski definition) is 0. The minimum Gasteiger partial charge on any atom is -0.487 e. The molecule has 17 heavy (non-hydrogen) atoms. The van der Waals surface area contributed by atoms with Crippen LogP contribution >= 0.6 is 11.6 Å². The van der Waals surface area contributed by atoms with E-state index in [4.69, 9.17) is 16.3 Å². The molecule has 1 saturated heterocycles. The van der Waals surface area contributed by atoms with Crippen molar-refractivity contribution in [3.8, 4) is 5.75 Å². The first-order valence-corrected chi connectivity index (χ1v) is 6.23. The van der Waals surface area contributed by atoms with Gasteiger partial charge in [0.15, 0.2) is 11.6 Å². The first kappa shape index (κ1) is 11.1. The zero-order chi connectivity index (χ0) is 12.0. The van der Waals surface area contributed by atoms with Crippen LogP contribution in [0.25, 0.3) is 0 Å². The minimum absolute atomic E-state index is 0.252. The molecule has 2 aliphatic rings. The van der Waals surface area contributed by atoms with Gasteiger partial charge >= 0.3 is 0 Å². The Morgan fingerprint density at radius 2 is 2.35 bits per heavy atom. The molecular weight excluding hydrogens is 243 g/mol. The van der Waals surface area contributed by atoms with Crippen molar-refractivity contribution in [3.63, 3.8) is 0 Å². The molecule has 0 aromatic carbocycles. The number of pyridine rings is 1. The molecule has 1 aromatic rings. The number of nitrogens with zero attached hydrogens (tertiary/aromatic N) is 2. The molecule has 1 fully saturated rings. The lowest BCUT2D eigenvalue weighted by molar-refractivity contribution is 0.192. The Morgan fingerprint density at radius 1 is 1.53 bits per heavy atom. The fraction of sp³-hybridized carbons (Fsp3) is 0.583. The number of fused-ring (bicyclic) bond motifs is 3. The van der Waals surface area contributed by atoms with Gasteiger partial charge in [-0.25, -0.2) is 9.37 Å². The Labute approximate surface area is 105 Å². The third kappa shape index (κ3) is 1.75. The van der Waals surface area contributed by atoms with Gasteiger partial charge in [-0.05, 0) is 19.8 Å². The number of piperidine rings is 1. The fourth-order valence-electron chi connectivity index (χ4n) is 2.52. The predicted octanol–water partition coefficient (Wildman–Crippen LogP) is 2.74. The van der Waals surface area contributed by atoms with Crippen molar-refractivity contribution in [2.75, 3.05) is 18.1 Å². The van der Waals surface area contributed by atoms with Crippen LogP contribution in [-0.4, -0.2) is 30.3 Å². The van der Waals surface area contributed by atoms with Crippen LogP contribution in [0, 0.1) is 6.92 Å². The van der Waals surface area contributed by atoms with Crippen molar-refractivity contribution in [1.82, 2.24) is 4.98 Å². The summed E-state index contributed by atoms with van der Waals surface area (Å²) >= 11 is 6.01. The number of aromatic nitrogens is 1. The van der Waals surface area contributed by atoms with Crippen molar-refractivity contribution in [1.29, 1.82) is 0 Å². The zero-order valence-electron chi connectivity index (χ0n) is 9.62. The fourth-order valence-corrected chi connectivity index (χ4v) is 2.66. The number of ether oxygens (including phenoxy) is 1. The second-order valence-electron chi connectivity index (χ2n) is 4.68. The second kappa shape index (κ2) is 4.02. The second-order valence-corrected chi connectivity index (χ2v) is 5.08. The van der Waals surface area contributed by atoms with Crippen LogP contribution in [-0.2, 0) is 0 Å². The number of alkyl halides is 1. The van der Waals surface area contributed by atoms with Crippen LogP contribution < -0.4 is 9.64 Å². The third-order valence-corrected chi connectivity index (χ3v) is 3.92. The first-order chi connectivity index (χ1) is 8.16. The zero-order valence-corrected chi connectivity index (χ0v) is 10.4. The van der Waals surface area contributed by atoms with E-state index in [1.165, 1.54) is 0 Å². The van der Waals surface area contributed by atoms with E-state index in [0.717, 1.165) is 17.8 Å². The molecule has 0 radical (unpaired) electrons. The van der Waals surface area contributed by atoms with Crippen LogP contribution in [0.15, 0.2) is 6.20 Å². The minimum atomic E-state index is -0.769. The van der Waals surface area contributed by atoms with E-state index in [1.807, 2.05) is 11.8 Å². The van der Waals surface area contributed by atoms with Crippen LogP contribution in [0.2, 0.25) is 5.02 Å². The Balaban J connectivity index is 2.03. The smallest absolute Gasteiger partial charge is 0.172 e. The van der Waals surface area contributed by atoms with Gasteiger partial charge in [0.2, 0.25) is 0 Å². The number of halogens is 2. The molecule has 0 spiro atoms. The molecule has 0 N–H and O–H groups in total.